The minimum atomic E-state index is -0.660. The van der Waals surface area contributed by atoms with Crippen molar-refractivity contribution >= 4 is 24.0 Å². The van der Waals surface area contributed by atoms with Crippen molar-refractivity contribution in [2.45, 2.75) is 11.5 Å². The molecule has 5 heteroatoms. The number of rotatable bonds is 4. The van der Waals surface area contributed by atoms with Gasteiger partial charge in [0.1, 0.15) is 5.60 Å². The maximum Gasteiger partial charge on any atom is 0.116 e. The summed E-state index contributed by atoms with van der Waals surface area (Å²) in [5.41, 5.74) is 1.31. The van der Waals surface area contributed by atoms with E-state index in [1.807, 2.05) is 54.6 Å². The molecule has 0 bridgehead atoms. The maximum atomic E-state index is 10.1. The van der Waals surface area contributed by atoms with Crippen molar-refractivity contribution in [3.63, 3.8) is 0 Å². The Hall–Kier alpha value is -1.10. The number of ether oxygens (including phenoxy) is 1. The number of aliphatic hydroxyl groups is 1. The van der Waals surface area contributed by atoms with Crippen molar-refractivity contribution in [1.29, 1.82) is 0 Å². The molecule has 3 rings (SSSR count). The topological polar surface area (TPSA) is 41.5 Å². The van der Waals surface area contributed by atoms with Crippen LogP contribution < -0.4 is 5.32 Å². The number of halogens is 2. The van der Waals surface area contributed by atoms with Gasteiger partial charge in [-0.15, -0.1) is 12.4 Å². The summed E-state index contributed by atoms with van der Waals surface area (Å²) in [6.07, 6.45) is 0. The second-order valence-corrected chi connectivity index (χ2v) is 5.95. The lowest BCUT2D eigenvalue weighted by molar-refractivity contribution is -0.0990. The molecule has 1 aliphatic heterocycles. The first-order chi connectivity index (χ1) is 10.8. The first kappa shape index (κ1) is 18.2. The highest BCUT2D eigenvalue weighted by Crippen LogP contribution is 2.43. The van der Waals surface area contributed by atoms with Gasteiger partial charge >= 0.3 is 0 Å². The summed E-state index contributed by atoms with van der Waals surface area (Å²) in [4.78, 5) is 0. The standard InChI is InChI=1S/C18H20ClNO2.ClH/c19-17-9-5-4-8-15(17)18(13-20-10-11-22-18)16(12-21)14-6-2-1-3-7-14;/h1-9,16,20-21H,10-13H2;1H. The number of aliphatic hydroxyl groups excluding tert-OH is 1. The van der Waals surface area contributed by atoms with Gasteiger partial charge in [-0.05, 0) is 11.6 Å². The lowest BCUT2D eigenvalue weighted by atomic mass is 9.76. The molecule has 0 amide bonds. The predicted molar refractivity (Wildman–Crippen MR) is 95.5 cm³/mol. The SMILES string of the molecule is Cl.OCC(c1ccccc1)C1(c2ccccc2Cl)CNCCO1. The van der Waals surface area contributed by atoms with Crippen LogP contribution in [0.2, 0.25) is 5.02 Å². The molecule has 0 aromatic heterocycles. The molecule has 1 fully saturated rings. The monoisotopic (exact) mass is 353 g/mol. The van der Waals surface area contributed by atoms with Crippen molar-refractivity contribution in [3.05, 3.63) is 70.7 Å². The Morgan fingerprint density at radius 2 is 1.83 bits per heavy atom. The Labute approximate surface area is 148 Å². The molecule has 124 valence electrons. The van der Waals surface area contributed by atoms with E-state index in [1.165, 1.54) is 0 Å². The molecule has 2 atom stereocenters. The Morgan fingerprint density at radius 3 is 2.43 bits per heavy atom. The number of benzene rings is 2. The zero-order valence-electron chi connectivity index (χ0n) is 12.7. The van der Waals surface area contributed by atoms with Crippen LogP contribution >= 0.6 is 24.0 Å². The van der Waals surface area contributed by atoms with Crippen molar-refractivity contribution in [1.82, 2.24) is 5.32 Å². The van der Waals surface area contributed by atoms with Crippen LogP contribution in [0.15, 0.2) is 54.6 Å². The molecule has 1 heterocycles. The molecule has 2 aromatic carbocycles. The summed E-state index contributed by atoms with van der Waals surface area (Å²) >= 11 is 6.45. The Bertz CT molecular complexity index is 615. The third-order valence-corrected chi connectivity index (χ3v) is 4.63. The Kier molecular flexibility index (Phi) is 6.45. The summed E-state index contributed by atoms with van der Waals surface area (Å²) in [6, 6.07) is 17.7. The van der Waals surface area contributed by atoms with E-state index >= 15 is 0 Å². The summed E-state index contributed by atoms with van der Waals surface area (Å²) in [6.45, 7) is 2.02. The lowest BCUT2D eigenvalue weighted by Gasteiger charge is -2.44. The van der Waals surface area contributed by atoms with Gasteiger partial charge in [0.05, 0.1) is 13.2 Å². The lowest BCUT2D eigenvalue weighted by Crippen LogP contribution is -2.52. The van der Waals surface area contributed by atoms with Gasteiger partial charge in [-0.1, -0.05) is 60.1 Å². The number of hydrogen-bond donors (Lipinski definition) is 2. The average molecular weight is 354 g/mol. The highest BCUT2D eigenvalue weighted by atomic mass is 35.5. The van der Waals surface area contributed by atoms with Gasteiger partial charge in [0, 0.05) is 29.6 Å². The summed E-state index contributed by atoms with van der Waals surface area (Å²) in [7, 11) is 0. The fourth-order valence-electron chi connectivity index (χ4n) is 3.23. The van der Waals surface area contributed by atoms with Gasteiger partial charge < -0.3 is 15.2 Å². The molecule has 3 nitrogen and oxygen atoms in total. The molecule has 1 aliphatic rings. The van der Waals surface area contributed by atoms with Gasteiger partial charge in [0.15, 0.2) is 0 Å². The molecular weight excluding hydrogens is 333 g/mol. The molecule has 0 spiro atoms. The molecule has 1 saturated heterocycles. The van der Waals surface area contributed by atoms with Gasteiger partial charge in [-0.2, -0.15) is 0 Å². The molecule has 2 aromatic rings. The van der Waals surface area contributed by atoms with Crippen LogP contribution in [-0.4, -0.2) is 31.4 Å². The van der Waals surface area contributed by atoms with Crippen molar-refractivity contribution in [3.8, 4) is 0 Å². The van der Waals surface area contributed by atoms with Gasteiger partial charge in [-0.25, -0.2) is 0 Å². The molecule has 0 aliphatic carbocycles. The third kappa shape index (κ3) is 3.54. The first-order valence-electron chi connectivity index (χ1n) is 7.53. The van der Waals surface area contributed by atoms with E-state index in [9.17, 15) is 5.11 Å². The fourth-order valence-corrected chi connectivity index (χ4v) is 3.52. The molecule has 0 radical (unpaired) electrons. The van der Waals surface area contributed by atoms with E-state index in [2.05, 4.69) is 5.32 Å². The number of nitrogens with one attached hydrogen (secondary N) is 1. The van der Waals surface area contributed by atoms with Crippen molar-refractivity contribution in [2.24, 2.45) is 0 Å². The second kappa shape index (κ2) is 8.13. The highest BCUT2D eigenvalue weighted by molar-refractivity contribution is 6.31. The molecule has 23 heavy (non-hydrogen) atoms. The van der Waals surface area contributed by atoms with Crippen molar-refractivity contribution in [2.75, 3.05) is 26.3 Å². The molecule has 2 unspecified atom stereocenters. The van der Waals surface area contributed by atoms with E-state index < -0.39 is 5.60 Å². The second-order valence-electron chi connectivity index (χ2n) is 5.54. The van der Waals surface area contributed by atoms with E-state index in [0.717, 1.165) is 17.7 Å². The normalized spacial score (nSPS) is 22.2. The summed E-state index contributed by atoms with van der Waals surface area (Å²) < 4.78 is 6.23. The van der Waals surface area contributed by atoms with Crippen LogP contribution in [0.3, 0.4) is 0 Å². The Morgan fingerprint density at radius 1 is 1.13 bits per heavy atom. The highest BCUT2D eigenvalue weighted by Gasteiger charge is 2.44. The summed E-state index contributed by atoms with van der Waals surface area (Å²) in [5.74, 6) is -0.179. The molecule has 2 N–H and O–H groups in total. The first-order valence-corrected chi connectivity index (χ1v) is 7.91. The number of morpholine rings is 1. The predicted octanol–water partition coefficient (Wildman–Crippen LogP) is 3.35. The zero-order valence-corrected chi connectivity index (χ0v) is 14.3. The quantitative estimate of drug-likeness (QED) is 0.885. The molecular formula is C18H21Cl2NO2. The maximum absolute atomic E-state index is 10.1. The van der Waals surface area contributed by atoms with Crippen LogP contribution in [-0.2, 0) is 10.3 Å². The van der Waals surface area contributed by atoms with E-state index in [1.54, 1.807) is 0 Å². The Balaban J connectivity index is 0.00000192. The average Bonchev–Trinajstić information content (AvgIpc) is 2.58. The zero-order chi connectivity index (χ0) is 15.4. The fraction of sp³-hybridized carbons (Fsp3) is 0.333. The number of hydrogen-bond acceptors (Lipinski definition) is 3. The van der Waals surface area contributed by atoms with Crippen LogP contribution in [0, 0.1) is 0 Å². The van der Waals surface area contributed by atoms with E-state index in [0.29, 0.717) is 18.2 Å². The van der Waals surface area contributed by atoms with E-state index in [-0.39, 0.29) is 24.9 Å². The van der Waals surface area contributed by atoms with Crippen molar-refractivity contribution < 1.29 is 9.84 Å². The minimum Gasteiger partial charge on any atom is -0.396 e. The largest absolute Gasteiger partial charge is 0.396 e. The smallest absolute Gasteiger partial charge is 0.116 e. The van der Waals surface area contributed by atoms with E-state index in [4.69, 9.17) is 16.3 Å². The van der Waals surface area contributed by atoms with Crippen LogP contribution in [0.1, 0.15) is 17.0 Å². The minimum absolute atomic E-state index is 0. The van der Waals surface area contributed by atoms with Gasteiger partial charge in [0.25, 0.3) is 0 Å². The van der Waals surface area contributed by atoms with Crippen LogP contribution in [0.5, 0.6) is 0 Å². The van der Waals surface area contributed by atoms with Crippen LogP contribution in [0.4, 0.5) is 0 Å². The molecule has 0 saturated carbocycles. The third-order valence-electron chi connectivity index (χ3n) is 4.30. The summed E-state index contributed by atoms with van der Waals surface area (Å²) in [5, 5.41) is 14.2. The van der Waals surface area contributed by atoms with Gasteiger partial charge in [-0.3, -0.25) is 0 Å². The van der Waals surface area contributed by atoms with Crippen LogP contribution in [0.25, 0.3) is 0 Å². The van der Waals surface area contributed by atoms with Gasteiger partial charge in [0.2, 0.25) is 0 Å².